The van der Waals surface area contributed by atoms with Crippen LogP contribution in [0.4, 0.5) is 0 Å². The summed E-state index contributed by atoms with van der Waals surface area (Å²) in [7, 11) is 3.16. The summed E-state index contributed by atoms with van der Waals surface area (Å²) in [5.74, 6) is 1.25. The van der Waals surface area contributed by atoms with Crippen LogP contribution in [0.25, 0.3) is 0 Å². The molecule has 1 heterocycles. The van der Waals surface area contributed by atoms with Crippen LogP contribution in [0.15, 0.2) is 48.5 Å². The van der Waals surface area contributed by atoms with E-state index in [-0.39, 0.29) is 18.6 Å². The van der Waals surface area contributed by atoms with E-state index in [4.69, 9.17) is 14.2 Å². The summed E-state index contributed by atoms with van der Waals surface area (Å²) in [4.78, 5) is 14.8. The van der Waals surface area contributed by atoms with E-state index in [1.54, 1.807) is 14.2 Å². The molecule has 6 nitrogen and oxygen atoms in total. The predicted molar refractivity (Wildman–Crippen MR) is 106 cm³/mol. The number of hydrogen-bond acceptors (Lipinski definition) is 5. The van der Waals surface area contributed by atoms with Crippen molar-refractivity contribution < 1.29 is 24.1 Å². The third-order valence-corrected chi connectivity index (χ3v) is 5.07. The topological polar surface area (TPSA) is 68.2 Å². The quantitative estimate of drug-likeness (QED) is 0.794. The Morgan fingerprint density at radius 1 is 1.14 bits per heavy atom. The van der Waals surface area contributed by atoms with Crippen LogP contribution in [-0.4, -0.2) is 56.0 Å². The van der Waals surface area contributed by atoms with E-state index in [0.29, 0.717) is 37.5 Å². The van der Waals surface area contributed by atoms with Crippen molar-refractivity contribution in [2.75, 3.05) is 34.0 Å². The number of aryl methyl sites for hydroxylation is 1. The molecule has 1 aliphatic rings. The van der Waals surface area contributed by atoms with E-state index in [1.165, 1.54) is 0 Å². The SMILES string of the molecule is COc1ccc(C2C(CO)OCCN2C(=O)CCc2ccccc2)cc1OC. The van der Waals surface area contributed by atoms with E-state index in [1.807, 2.05) is 53.4 Å². The van der Waals surface area contributed by atoms with Gasteiger partial charge >= 0.3 is 0 Å². The first kappa shape index (κ1) is 20.2. The highest BCUT2D eigenvalue weighted by atomic mass is 16.5. The molecule has 0 radical (unpaired) electrons. The van der Waals surface area contributed by atoms with Crippen LogP contribution in [0.2, 0.25) is 0 Å². The molecule has 3 rings (SSSR count). The molecule has 0 aromatic heterocycles. The summed E-state index contributed by atoms with van der Waals surface area (Å²) in [6, 6.07) is 15.1. The summed E-state index contributed by atoms with van der Waals surface area (Å²) in [5, 5.41) is 9.84. The maximum atomic E-state index is 13.0. The molecule has 1 aliphatic heterocycles. The second kappa shape index (κ2) is 9.57. The Balaban J connectivity index is 1.83. The van der Waals surface area contributed by atoms with Crippen LogP contribution < -0.4 is 9.47 Å². The average molecular weight is 385 g/mol. The van der Waals surface area contributed by atoms with Crippen LogP contribution in [0.5, 0.6) is 11.5 Å². The molecule has 0 bridgehead atoms. The number of hydrogen-bond donors (Lipinski definition) is 1. The van der Waals surface area contributed by atoms with Gasteiger partial charge in [-0.2, -0.15) is 0 Å². The number of aliphatic hydroxyl groups excluding tert-OH is 1. The third kappa shape index (κ3) is 4.46. The van der Waals surface area contributed by atoms with Crippen molar-refractivity contribution in [3.63, 3.8) is 0 Å². The van der Waals surface area contributed by atoms with E-state index >= 15 is 0 Å². The minimum Gasteiger partial charge on any atom is -0.493 e. The number of aliphatic hydroxyl groups is 1. The zero-order chi connectivity index (χ0) is 19.9. The fourth-order valence-corrected chi connectivity index (χ4v) is 3.64. The maximum absolute atomic E-state index is 13.0. The van der Waals surface area contributed by atoms with Gasteiger partial charge in [-0.15, -0.1) is 0 Å². The number of carbonyl (C=O) groups excluding carboxylic acids is 1. The van der Waals surface area contributed by atoms with Crippen molar-refractivity contribution in [1.29, 1.82) is 0 Å². The first-order valence-electron chi connectivity index (χ1n) is 9.45. The van der Waals surface area contributed by atoms with Crippen molar-refractivity contribution in [3.05, 3.63) is 59.7 Å². The molecule has 0 spiro atoms. The Hall–Kier alpha value is -2.57. The molecule has 0 aliphatic carbocycles. The molecule has 1 N–H and O–H groups in total. The summed E-state index contributed by atoms with van der Waals surface area (Å²) in [6.45, 7) is 0.733. The molecular weight excluding hydrogens is 358 g/mol. The van der Waals surface area contributed by atoms with Gasteiger partial charge < -0.3 is 24.2 Å². The Bertz CT molecular complexity index is 780. The van der Waals surface area contributed by atoms with Crippen molar-refractivity contribution in [2.24, 2.45) is 0 Å². The molecule has 2 unspecified atom stereocenters. The van der Waals surface area contributed by atoms with E-state index < -0.39 is 6.10 Å². The van der Waals surface area contributed by atoms with Crippen LogP contribution in [0, 0.1) is 0 Å². The van der Waals surface area contributed by atoms with Gasteiger partial charge in [-0.3, -0.25) is 4.79 Å². The highest BCUT2D eigenvalue weighted by molar-refractivity contribution is 5.77. The largest absolute Gasteiger partial charge is 0.493 e. The van der Waals surface area contributed by atoms with Gasteiger partial charge in [0.05, 0.1) is 33.5 Å². The highest BCUT2D eigenvalue weighted by Crippen LogP contribution is 2.36. The molecular formula is C22H27NO5. The number of rotatable bonds is 7. The molecule has 1 fully saturated rings. The van der Waals surface area contributed by atoms with Crippen molar-refractivity contribution in [2.45, 2.75) is 25.0 Å². The van der Waals surface area contributed by atoms with Crippen LogP contribution in [-0.2, 0) is 16.0 Å². The minimum atomic E-state index is -0.479. The van der Waals surface area contributed by atoms with Crippen LogP contribution >= 0.6 is 0 Å². The van der Waals surface area contributed by atoms with Gasteiger partial charge in [0.15, 0.2) is 11.5 Å². The van der Waals surface area contributed by atoms with E-state index in [9.17, 15) is 9.90 Å². The number of morpholine rings is 1. The van der Waals surface area contributed by atoms with Crippen molar-refractivity contribution >= 4 is 5.91 Å². The Kier molecular flexibility index (Phi) is 6.90. The van der Waals surface area contributed by atoms with Crippen LogP contribution in [0.3, 0.4) is 0 Å². The van der Waals surface area contributed by atoms with Crippen molar-refractivity contribution in [1.82, 2.24) is 4.90 Å². The smallest absolute Gasteiger partial charge is 0.223 e. The molecule has 28 heavy (non-hydrogen) atoms. The monoisotopic (exact) mass is 385 g/mol. The van der Waals surface area contributed by atoms with Gasteiger partial charge in [-0.25, -0.2) is 0 Å². The molecule has 6 heteroatoms. The zero-order valence-electron chi connectivity index (χ0n) is 16.3. The molecule has 2 aromatic rings. The number of benzene rings is 2. The summed E-state index contributed by atoms with van der Waals surface area (Å²) in [6.07, 6.45) is 0.610. The lowest BCUT2D eigenvalue weighted by molar-refractivity contribution is -0.149. The minimum absolute atomic E-state index is 0.0467. The van der Waals surface area contributed by atoms with Gasteiger partial charge in [0.1, 0.15) is 6.10 Å². The molecule has 1 saturated heterocycles. The molecule has 2 aromatic carbocycles. The number of carbonyl (C=O) groups is 1. The lowest BCUT2D eigenvalue weighted by atomic mass is 9.97. The first-order valence-corrected chi connectivity index (χ1v) is 9.45. The predicted octanol–water partition coefficient (Wildman–Crippen LogP) is 2.60. The Morgan fingerprint density at radius 2 is 1.89 bits per heavy atom. The first-order chi connectivity index (χ1) is 13.7. The fraction of sp³-hybridized carbons (Fsp3) is 0.409. The normalized spacial score (nSPS) is 19.3. The van der Waals surface area contributed by atoms with Crippen molar-refractivity contribution in [3.8, 4) is 11.5 Å². The van der Waals surface area contributed by atoms with E-state index in [2.05, 4.69) is 0 Å². The van der Waals surface area contributed by atoms with E-state index in [0.717, 1.165) is 11.1 Å². The Morgan fingerprint density at radius 3 is 2.57 bits per heavy atom. The number of amides is 1. The van der Waals surface area contributed by atoms with Gasteiger partial charge in [0, 0.05) is 13.0 Å². The zero-order valence-corrected chi connectivity index (χ0v) is 16.3. The van der Waals surface area contributed by atoms with Crippen LogP contribution in [0.1, 0.15) is 23.6 Å². The summed E-state index contributed by atoms with van der Waals surface area (Å²) >= 11 is 0. The van der Waals surface area contributed by atoms with Gasteiger partial charge in [-0.05, 0) is 29.7 Å². The summed E-state index contributed by atoms with van der Waals surface area (Å²) < 4.78 is 16.5. The number of ether oxygens (including phenoxy) is 3. The number of methoxy groups -OCH3 is 2. The van der Waals surface area contributed by atoms with Gasteiger partial charge in [0.25, 0.3) is 0 Å². The van der Waals surface area contributed by atoms with Gasteiger partial charge in [-0.1, -0.05) is 36.4 Å². The molecule has 0 saturated carbocycles. The lowest BCUT2D eigenvalue weighted by Gasteiger charge is -2.41. The summed E-state index contributed by atoms with van der Waals surface area (Å²) in [5.41, 5.74) is 1.98. The standard InChI is InChI=1S/C22H27NO5/c1-26-18-10-9-17(14-19(18)27-2)22-20(15-24)28-13-12-23(22)21(25)11-8-16-6-4-3-5-7-16/h3-7,9-10,14,20,22,24H,8,11-13,15H2,1-2H3. The molecule has 150 valence electrons. The molecule has 1 amide bonds. The second-order valence-corrected chi connectivity index (χ2v) is 6.72. The third-order valence-electron chi connectivity index (χ3n) is 5.07. The highest BCUT2D eigenvalue weighted by Gasteiger charge is 2.36. The average Bonchev–Trinajstić information content (AvgIpc) is 2.77. The fourth-order valence-electron chi connectivity index (χ4n) is 3.64. The second-order valence-electron chi connectivity index (χ2n) is 6.72. The Labute approximate surface area is 165 Å². The lowest BCUT2D eigenvalue weighted by Crippen LogP contribution is -2.49. The van der Waals surface area contributed by atoms with Gasteiger partial charge in [0.2, 0.25) is 5.91 Å². The number of nitrogens with zero attached hydrogens (tertiary/aromatic N) is 1. The molecule has 2 atom stereocenters. The maximum Gasteiger partial charge on any atom is 0.223 e.